The molecule has 0 amide bonds. The molecule has 2 aromatic carbocycles. The Kier molecular flexibility index (Phi) is 6.40. The number of allylic oxidation sites excluding steroid dienone is 5. The molecule has 0 saturated carbocycles. The third kappa shape index (κ3) is 4.45. The van der Waals surface area contributed by atoms with Gasteiger partial charge in [0.25, 0.3) is 0 Å². The maximum atomic E-state index is 9.17. The van der Waals surface area contributed by atoms with Crippen molar-refractivity contribution in [3.63, 3.8) is 0 Å². The third-order valence-corrected chi connectivity index (χ3v) is 5.36. The smallest absolute Gasteiger partial charge is 0.132 e. The van der Waals surface area contributed by atoms with E-state index in [0.29, 0.717) is 6.42 Å². The molecule has 0 spiro atoms. The molecule has 0 N–H and O–H groups in total. The van der Waals surface area contributed by atoms with Crippen LogP contribution in [-0.2, 0) is 0 Å². The molecule has 150 valence electrons. The van der Waals surface area contributed by atoms with E-state index in [1.54, 1.807) is 0 Å². The number of nitriles is 2. The number of benzene rings is 2. The van der Waals surface area contributed by atoms with Crippen LogP contribution in [-0.4, -0.2) is 28.2 Å². The standard InChI is InChI=1S/C26H26N4/c1-29(2)24-13-9-21(10-14-24)26(22-11-15-25(16-12-22)30(3)4)20-7-5-19(6-8-20)23(17-27)18-28/h5,7,9-16H,6,8H2,1-4H3. The Bertz CT molecular complexity index is 1010. The Morgan fingerprint density at radius 3 is 1.40 bits per heavy atom. The Morgan fingerprint density at radius 2 is 1.07 bits per heavy atom. The van der Waals surface area contributed by atoms with Crippen molar-refractivity contribution in [2.24, 2.45) is 0 Å². The molecule has 0 aromatic heterocycles. The number of hydrogen-bond donors (Lipinski definition) is 0. The topological polar surface area (TPSA) is 54.1 Å². The van der Waals surface area contributed by atoms with Gasteiger partial charge < -0.3 is 9.80 Å². The highest BCUT2D eigenvalue weighted by molar-refractivity contribution is 5.85. The second-order valence-electron chi connectivity index (χ2n) is 7.74. The molecule has 4 nitrogen and oxygen atoms in total. The number of anilines is 2. The second-order valence-corrected chi connectivity index (χ2v) is 7.74. The molecule has 4 heteroatoms. The lowest BCUT2D eigenvalue weighted by atomic mass is 9.86. The normalized spacial score (nSPS) is 12.7. The van der Waals surface area contributed by atoms with Crippen LogP contribution in [0.5, 0.6) is 0 Å². The summed E-state index contributed by atoms with van der Waals surface area (Å²) in [6.07, 6.45) is 5.46. The molecule has 1 aliphatic rings. The molecule has 3 rings (SSSR count). The Morgan fingerprint density at radius 1 is 0.667 bits per heavy atom. The zero-order valence-corrected chi connectivity index (χ0v) is 18.0. The second kappa shape index (κ2) is 9.16. The van der Waals surface area contributed by atoms with Crippen LogP contribution in [0, 0.1) is 22.7 Å². The molecule has 0 aliphatic heterocycles. The van der Waals surface area contributed by atoms with Crippen molar-refractivity contribution < 1.29 is 0 Å². The zero-order valence-electron chi connectivity index (χ0n) is 18.0. The highest BCUT2D eigenvalue weighted by Crippen LogP contribution is 2.35. The molecule has 30 heavy (non-hydrogen) atoms. The first-order chi connectivity index (χ1) is 14.4. The van der Waals surface area contributed by atoms with Gasteiger partial charge in [-0.15, -0.1) is 0 Å². The SMILES string of the molecule is CN(C)c1ccc(C(=C2C=CC(=C(C#N)C#N)CC2)c2ccc(N(C)C)cc2)cc1. The van der Waals surface area contributed by atoms with Crippen LogP contribution < -0.4 is 9.80 Å². The van der Waals surface area contributed by atoms with E-state index in [1.807, 2.05) is 46.4 Å². The maximum absolute atomic E-state index is 9.17. The summed E-state index contributed by atoms with van der Waals surface area (Å²) in [5.74, 6) is 0. The molecule has 0 heterocycles. The van der Waals surface area contributed by atoms with E-state index in [-0.39, 0.29) is 5.57 Å². The van der Waals surface area contributed by atoms with E-state index in [0.717, 1.165) is 34.5 Å². The average Bonchev–Trinajstić information content (AvgIpc) is 2.76. The number of rotatable bonds is 4. The quantitative estimate of drug-likeness (QED) is 0.659. The van der Waals surface area contributed by atoms with Crippen LogP contribution in [0.4, 0.5) is 11.4 Å². The molecule has 0 unspecified atom stereocenters. The van der Waals surface area contributed by atoms with Crippen molar-refractivity contribution in [2.75, 3.05) is 38.0 Å². The fourth-order valence-electron chi connectivity index (χ4n) is 3.61. The minimum absolute atomic E-state index is 0.206. The lowest BCUT2D eigenvalue weighted by Crippen LogP contribution is -2.09. The van der Waals surface area contributed by atoms with Gasteiger partial charge in [-0.25, -0.2) is 0 Å². The van der Waals surface area contributed by atoms with Crippen molar-refractivity contribution in [2.45, 2.75) is 12.8 Å². The predicted molar refractivity (Wildman–Crippen MR) is 124 cm³/mol. The number of hydrogen-bond acceptors (Lipinski definition) is 4. The van der Waals surface area contributed by atoms with E-state index >= 15 is 0 Å². The summed E-state index contributed by atoms with van der Waals surface area (Å²) >= 11 is 0. The molecular formula is C26H26N4. The molecule has 2 aromatic rings. The highest BCUT2D eigenvalue weighted by Gasteiger charge is 2.16. The largest absolute Gasteiger partial charge is 0.378 e. The van der Waals surface area contributed by atoms with Gasteiger partial charge in [-0.05, 0) is 65.0 Å². The van der Waals surface area contributed by atoms with Crippen molar-refractivity contribution in [3.8, 4) is 12.1 Å². The number of nitrogens with zero attached hydrogens (tertiary/aromatic N) is 4. The van der Waals surface area contributed by atoms with Gasteiger partial charge in [0.05, 0.1) is 0 Å². The van der Waals surface area contributed by atoms with Gasteiger partial charge in [0.1, 0.15) is 17.7 Å². The molecular weight excluding hydrogens is 368 g/mol. The minimum atomic E-state index is 0.206. The summed E-state index contributed by atoms with van der Waals surface area (Å²) in [6.45, 7) is 0. The molecule has 1 aliphatic carbocycles. The van der Waals surface area contributed by atoms with Crippen LogP contribution >= 0.6 is 0 Å². The van der Waals surface area contributed by atoms with E-state index in [9.17, 15) is 0 Å². The molecule has 0 bridgehead atoms. The van der Waals surface area contributed by atoms with Crippen LogP contribution in [0.25, 0.3) is 5.57 Å². The zero-order chi connectivity index (χ0) is 21.7. The summed E-state index contributed by atoms with van der Waals surface area (Å²) in [4.78, 5) is 4.18. The fourth-order valence-corrected chi connectivity index (χ4v) is 3.61. The van der Waals surface area contributed by atoms with Gasteiger partial charge >= 0.3 is 0 Å². The van der Waals surface area contributed by atoms with E-state index in [4.69, 9.17) is 10.5 Å². The molecule has 0 saturated heterocycles. The highest BCUT2D eigenvalue weighted by atomic mass is 15.1. The van der Waals surface area contributed by atoms with Crippen molar-refractivity contribution >= 4 is 16.9 Å². The summed E-state index contributed by atoms with van der Waals surface area (Å²) in [6, 6.07) is 21.2. The van der Waals surface area contributed by atoms with Gasteiger partial charge in [0.2, 0.25) is 0 Å². The van der Waals surface area contributed by atoms with E-state index < -0.39 is 0 Å². The van der Waals surface area contributed by atoms with Gasteiger partial charge in [0, 0.05) is 39.6 Å². The van der Waals surface area contributed by atoms with Crippen LogP contribution in [0.3, 0.4) is 0 Å². The average molecular weight is 395 g/mol. The third-order valence-electron chi connectivity index (χ3n) is 5.36. The lowest BCUT2D eigenvalue weighted by Gasteiger charge is -2.20. The van der Waals surface area contributed by atoms with E-state index in [1.165, 1.54) is 11.1 Å². The van der Waals surface area contributed by atoms with Crippen LogP contribution in [0.15, 0.2) is 77.4 Å². The fraction of sp³-hybridized carbons (Fsp3) is 0.231. The van der Waals surface area contributed by atoms with Gasteiger partial charge in [-0.3, -0.25) is 0 Å². The molecule has 0 fully saturated rings. The Labute approximate surface area is 179 Å². The molecule has 0 atom stereocenters. The first-order valence-corrected chi connectivity index (χ1v) is 9.94. The van der Waals surface area contributed by atoms with Crippen molar-refractivity contribution in [3.05, 3.63) is 88.5 Å². The molecule has 0 radical (unpaired) electrons. The van der Waals surface area contributed by atoms with Crippen LogP contribution in [0.2, 0.25) is 0 Å². The van der Waals surface area contributed by atoms with Gasteiger partial charge in [0.15, 0.2) is 0 Å². The summed E-state index contributed by atoms with van der Waals surface area (Å²) in [7, 11) is 8.14. The predicted octanol–water partition coefficient (Wildman–Crippen LogP) is 5.31. The summed E-state index contributed by atoms with van der Waals surface area (Å²) < 4.78 is 0. The van der Waals surface area contributed by atoms with Crippen molar-refractivity contribution in [1.82, 2.24) is 0 Å². The van der Waals surface area contributed by atoms with E-state index in [2.05, 4.69) is 64.4 Å². The summed E-state index contributed by atoms with van der Waals surface area (Å²) in [5.41, 5.74) is 8.05. The Hall–Kier alpha value is -3.76. The van der Waals surface area contributed by atoms with Gasteiger partial charge in [-0.2, -0.15) is 10.5 Å². The Balaban J connectivity index is 2.12. The first kappa shape index (κ1) is 21.0. The van der Waals surface area contributed by atoms with Crippen LogP contribution in [0.1, 0.15) is 24.0 Å². The maximum Gasteiger partial charge on any atom is 0.132 e. The van der Waals surface area contributed by atoms with Gasteiger partial charge in [-0.1, -0.05) is 36.4 Å². The first-order valence-electron chi connectivity index (χ1n) is 9.94. The lowest BCUT2D eigenvalue weighted by molar-refractivity contribution is 0.944. The minimum Gasteiger partial charge on any atom is -0.378 e. The van der Waals surface area contributed by atoms with Crippen molar-refractivity contribution in [1.29, 1.82) is 10.5 Å². The summed E-state index contributed by atoms with van der Waals surface area (Å²) in [5, 5.41) is 18.3. The monoisotopic (exact) mass is 394 g/mol.